The van der Waals surface area contributed by atoms with E-state index in [9.17, 15) is 4.79 Å². The number of aliphatic hydroxyl groups excluding tert-OH is 1. The number of thiocarbonyl (C=S) groups is 1. The van der Waals surface area contributed by atoms with Crippen molar-refractivity contribution in [3.8, 4) is 0 Å². The number of carbonyl (C=O) groups excluding carboxylic acids is 1. The number of aliphatic hydroxyl groups is 1. The standard InChI is InChI=1S/C17H20O3S2/c1-2-13-15(19)10-16(21)14(11-20-9-8-18)17(13)22-12-6-4-3-5-7-12/h3-7,14,18H,2,8-11H2,1H3. The quantitative estimate of drug-likeness (QED) is 0.611. The van der Waals surface area contributed by atoms with Gasteiger partial charge >= 0.3 is 0 Å². The van der Waals surface area contributed by atoms with Crippen LogP contribution in [0.2, 0.25) is 0 Å². The van der Waals surface area contributed by atoms with Gasteiger partial charge in [0.05, 0.1) is 19.8 Å². The van der Waals surface area contributed by atoms with Crippen LogP contribution in [0.25, 0.3) is 0 Å². The number of carbonyl (C=O) groups is 1. The summed E-state index contributed by atoms with van der Waals surface area (Å²) in [6.45, 7) is 2.70. The SMILES string of the molecule is CCC1=C(Sc2ccccc2)C(COCCO)C(=S)CC1=O. The number of ether oxygens (including phenoxy) is 1. The maximum Gasteiger partial charge on any atom is 0.164 e. The van der Waals surface area contributed by atoms with Crippen LogP contribution in [0.5, 0.6) is 0 Å². The fraction of sp³-hybridized carbons (Fsp3) is 0.412. The molecule has 1 unspecified atom stereocenters. The zero-order valence-corrected chi connectivity index (χ0v) is 14.2. The molecule has 0 saturated heterocycles. The van der Waals surface area contributed by atoms with Crippen LogP contribution >= 0.6 is 24.0 Å². The molecular weight excluding hydrogens is 316 g/mol. The highest BCUT2D eigenvalue weighted by Gasteiger charge is 2.32. The molecule has 1 aromatic carbocycles. The van der Waals surface area contributed by atoms with Gasteiger partial charge in [-0.15, -0.1) is 0 Å². The fourth-order valence-corrected chi connectivity index (χ4v) is 4.11. The van der Waals surface area contributed by atoms with E-state index >= 15 is 0 Å². The first-order chi connectivity index (χ1) is 10.7. The Bertz CT molecular complexity index is 567. The van der Waals surface area contributed by atoms with Crippen molar-refractivity contribution in [3.63, 3.8) is 0 Å². The molecule has 1 aliphatic rings. The Morgan fingerprint density at radius 3 is 2.73 bits per heavy atom. The molecule has 0 aliphatic heterocycles. The Labute approximate surface area is 140 Å². The Hall–Kier alpha value is -1.01. The van der Waals surface area contributed by atoms with Gasteiger partial charge in [0, 0.05) is 32.6 Å². The molecule has 1 N–H and O–H groups in total. The molecule has 5 heteroatoms. The minimum atomic E-state index is -0.0422. The topological polar surface area (TPSA) is 46.5 Å². The number of allylic oxidation sites excluding steroid dienone is 1. The van der Waals surface area contributed by atoms with Gasteiger partial charge in [-0.1, -0.05) is 49.1 Å². The molecular formula is C17H20O3S2. The van der Waals surface area contributed by atoms with E-state index in [-0.39, 0.29) is 24.9 Å². The second kappa shape index (κ2) is 8.58. The first-order valence-electron chi connectivity index (χ1n) is 7.37. The summed E-state index contributed by atoms with van der Waals surface area (Å²) in [5.41, 5.74) is 0.861. The predicted octanol–water partition coefficient (Wildman–Crippen LogP) is 3.41. The normalized spacial score (nSPS) is 18.9. The molecule has 118 valence electrons. The number of thioether (sulfide) groups is 1. The monoisotopic (exact) mass is 336 g/mol. The fourth-order valence-electron chi connectivity index (χ4n) is 2.44. The van der Waals surface area contributed by atoms with E-state index in [4.69, 9.17) is 22.1 Å². The highest BCUT2D eigenvalue weighted by molar-refractivity contribution is 8.03. The number of rotatable bonds is 7. The number of ketones is 1. The van der Waals surface area contributed by atoms with Crippen LogP contribution in [0, 0.1) is 5.92 Å². The van der Waals surface area contributed by atoms with Crippen LogP contribution in [0.15, 0.2) is 45.7 Å². The molecule has 1 aliphatic carbocycles. The molecule has 0 heterocycles. The molecule has 0 saturated carbocycles. The number of hydrogen-bond acceptors (Lipinski definition) is 5. The van der Waals surface area contributed by atoms with Crippen molar-refractivity contribution < 1.29 is 14.6 Å². The van der Waals surface area contributed by atoms with E-state index < -0.39 is 0 Å². The largest absolute Gasteiger partial charge is 0.394 e. The maximum atomic E-state index is 12.3. The van der Waals surface area contributed by atoms with E-state index in [0.717, 1.165) is 20.2 Å². The Morgan fingerprint density at radius 2 is 2.09 bits per heavy atom. The molecule has 0 radical (unpaired) electrons. The smallest absolute Gasteiger partial charge is 0.164 e. The summed E-state index contributed by atoms with van der Waals surface area (Å²) in [5.74, 6) is 0.0868. The van der Waals surface area contributed by atoms with Gasteiger partial charge in [0.1, 0.15) is 0 Å². The summed E-state index contributed by atoms with van der Waals surface area (Å²) in [6.07, 6.45) is 1.03. The van der Waals surface area contributed by atoms with E-state index in [0.29, 0.717) is 19.4 Å². The highest BCUT2D eigenvalue weighted by atomic mass is 32.2. The van der Waals surface area contributed by atoms with Crippen LogP contribution in [0.1, 0.15) is 19.8 Å². The molecule has 0 fully saturated rings. The third kappa shape index (κ3) is 4.26. The zero-order chi connectivity index (χ0) is 15.9. The molecule has 1 aromatic rings. The van der Waals surface area contributed by atoms with Crippen molar-refractivity contribution in [2.45, 2.75) is 24.7 Å². The molecule has 0 spiro atoms. The van der Waals surface area contributed by atoms with Crippen LogP contribution in [0.4, 0.5) is 0 Å². The Kier molecular flexibility index (Phi) is 6.76. The van der Waals surface area contributed by atoms with Gasteiger partial charge in [-0.05, 0) is 18.6 Å². The van der Waals surface area contributed by atoms with Crippen molar-refractivity contribution in [3.05, 3.63) is 40.8 Å². The van der Waals surface area contributed by atoms with E-state index in [2.05, 4.69) is 0 Å². The summed E-state index contributed by atoms with van der Waals surface area (Å²) in [6, 6.07) is 9.98. The summed E-state index contributed by atoms with van der Waals surface area (Å²) >= 11 is 7.04. The third-order valence-corrected chi connectivity index (χ3v) is 5.21. The maximum absolute atomic E-state index is 12.3. The number of hydrogen-bond donors (Lipinski definition) is 1. The molecule has 2 rings (SSSR count). The summed E-state index contributed by atoms with van der Waals surface area (Å²) in [5, 5.41) is 8.87. The van der Waals surface area contributed by atoms with Gasteiger partial charge in [-0.2, -0.15) is 0 Å². The van der Waals surface area contributed by atoms with Gasteiger partial charge in [0.2, 0.25) is 0 Å². The zero-order valence-electron chi connectivity index (χ0n) is 12.6. The second-order valence-corrected chi connectivity index (χ2v) is 6.67. The van der Waals surface area contributed by atoms with Gasteiger partial charge in [-0.25, -0.2) is 0 Å². The second-order valence-electron chi connectivity index (χ2n) is 5.03. The van der Waals surface area contributed by atoms with E-state index in [1.165, 1.54) is 0 Å². The molecule has 22 heavy (non-hydrogen) atoms. The molecule has 0 amide bonds. The van der Waals surface area contributed by atoms with Gasteiger partial charge in [-0.3, -0.25) is 4.79 Å². The Morgan fingerprint density at radius 1 is 1.36 bits per heavy atom. The molecule has 3 nitrogen and oxygen atoms in total. The van der Waals surface area contributed by atoms with Crippen LogP contribution < -0.4 is 0 Å². The van der Waals surface area contributed by atoms with Crippen molar-refractivity contribution in [2.24, 2.45) is 5.92 Å². The van der Waals surface area contributed by atoms with Crippen LogP contribution in [-0.4, -0.2) is 35.6 Å². The average molecular weight is 336 g/mol. The lowest BCUT2D eigenvalue weighted by Gasteiger charge is -2.28. The van der Waals surface area contributed by atoms with Gasteiger partial charge < -0.3 is 9.84 Å². The highest BCUT2D eigenvalue weighted by Crippen LogP contribution is 2.40. The van der Waals surface area contributed by atoms with Crippen molar-refractivity contribution in [1.82, 2.24) is 0 Å². The summed E-state index contributed by atoms with van der Waals surface area (Å²) < 4.78 is 5.49. The van der Waals surface area contributed by atoms with Crippen molar-refractivity contribution in [1.29, 1.82) is 0 Å². The first-order valence-corrected chi connectivity index (χ1v) is 8.60. The minimum absolute atomic E-state index is 0.01000. The lowest BCUT2D eigenvalue weighted by Crippen LogP contribution is -2.30. The summed E-state index contributed by atoms with van der Waals surface area (Å²) in [7, 11) is 0. The first kappa shape index (κ1) is 17.3. The average Bonchev–Trinajstić information content (AvgIpc) is 2.51. The lowest BCUT2D eigenvalue weighted by atomic mass is 9.88. The predicted molar refractivity (Wildman–Crippen MR) is 93.2 cm³/mol. The number of Topliss-reactive ketones (excluding diaryl/α,β-unsaturated/α-hetero) is 1. The molecule has 0 aromatic heterocycles. The minimum Gasteiger partial charge on any atom is -0.394 e. The van der Waals surface area contributed by atoms with Gasteiger partial charge in [0.25, 0.3) is 0 Å². The molecule has 0 bridgehead atoms. The van der Waals surface area contributed by atoms with Crippen LogP contribution in [-0.2, 0) is 9.53 Å². The Balaban J connectivity index is 2.29. The molecule has 1 atom stereocenters. The number of benzene rings is 1. The van der Waals surface area contributed by atoms with Gasteiger partial charge in [0.15, 0.2) is 5.78 Å². The van der Waals surface area contributed by atoms with Crippen molar-refractivity contribution >= 4 is 34.6 Å². The lowest BCUT2D eigenvalue weighted by molar-refractivity contribution is -0.114. The van der Waals surface area contributed by atoms with E-state index in [1.54, 1.807) is 11.8 Å². The third-order valence-electron chi connectivity index (χ3n) is 3.52. The van der Waals surface area contributed by atoms with Crippen molar-refractivity contribution in [2.75, 3.05) is 19.8 Å². The van der Waals surface area contributed by atoms with Crippen LogP contribution in [0.3, 0.4) is 0 Å². The summed E-state index contributed by atoms with van der Waals surface area (Å²) in [4.78, 5) is 15.1. The van der Waals surface area contributed by atoms with E-state index in [1.807, 2.05) is 37.3 Å².